The molecule has 1 aliphatic rings. The van der Waals surface area contributed by atoms with Gasteiger partial charge in [-0.3, -0.25) is 4.79 Å². The van der Waals surface area contributed by atoms with Gasteiger partial charge in [-0.25, -0.2) is 13.1 Å². The lowest BCUT2D eigenvalue weighted by Gasteiger charge is -2.12. The van der Waals surface area contributed by atoms with Crippen LogP contribution in [0.3, 0.4) is 0 Å². The lowest BCUT2D eigenvalue weighted by molar-refractivity contribution is -0.116. The van der Waals surface area contributed by atoms with Gasteiger partial charge in [0.1, 0.15) is 0 Å². The van der Waals surface area contributed by atoms with Crippen LogP contribution in [0.2, 0.25) is 0 Å². The van der Waals surface area contributed by atoms with Gasteiger partial charge < -0.3 is 10.1 Å². The minimum Gasteiger partial charge on any atom is -0.377 e. The second kappa shape index (κ2) is 6.33. The molecule has 1 aliphatic heterocycles. The molecule has 1 aromatic rings. The highest BCUT2D eigenvalue weighted by Crippen LogP contribution is 2.45. The molecule has 0 aromatic heterocycles. The highest BCUT2D eigenvalue weighted by atomic mass is 35.5. The van der Waals surface area contributed by atoms with E-state index in [0.717, 1.165) is 0 Å². The standard InChI is InChI=1S/C13H16Cl2N2O4S/c1-8(2)21-6-5-16-22(19,20)9-3-4-11-10(7-9)13(14,15)12(18)17-11/h3-4,7-8,16H,5-6H2,1-2H3,(H,17,18). The molecule has 0 unspecified atom stereocenters. The summed E-state index contributed by atoms with van der Waals surface area (Å²) in [5.41, 5.74) is 0.624. The fraction of sp³-hybridized carbons (Fsp3) is 0.462. The number of ether oxygens (including phenoxy) is 1. The van der Waals surface area contributed by atoms with Gasteiger partial charge in [0.25, 0.3) is 5.91 Å². The van der Waals surface area contributed by atoms with E-state index >= 15 is 0 Å². The van der Waals surface area contributed by atoms with E-state index in [4.69, 9.17) is 27.9 Å². The SMILES string of the molecule is CC(C)OCCNS(=O)(=O)c1ccc2c(c1)C(Cl)(Cl)C(=O)N2. The zero-order chi connectivity index (χ0) is 16.5. The van der Waals surface area contributed by atoms with Crippen molar-refractivity contribution in [3.8, 4) is 0 Å². The number of rotatable bonds is 6. The number of anilines is 1. The van der Waals surface area contributed by atoms with Gasteiger partial charge in [0.05, 0.1) is 17.6 Å². The van der Waals surface area contributed by atoms with Crippen LogP contribution in [-0.4, -0.2) is 33.6 Å². The van der Waals surface area contributed by atoms with Crippen LogP contribution in [0, 0.1) is 0 Å². The molecule has 0 fully saturated rings. The molecule has 2 rings (SSSR count). The fourth-order valence-corrected chi connectivity index (χ4v) is 3.38. The summed E-state index contributed by atoms with van der Waals surface area (Å²) in [6, 6.07) is 4.12. The average Bonchev–Trinajstić information content (AvgIpc) is 2.65. The molecule has 0 bridgehead atoms. The largest absolute Gasteiger partial charge is 0.377 e. The third-order valence-electron chi connectivity index (χ3n) is 3.02. The fourth-order valence-electron chi connectivity index (χ4n) is 1.94. The van der Waals surface area contributed by atoms with Crippen LogP contribution in [0.1, 0.15) is 19.4 Å². The number of alkyl halides is 2. The van der Waals surface area contributed by atoms with Crippen molar-refractivity contribution >= 4 is 44.8 Å². The van der Waals surface area contributed by atoms with Crippen molar-refractivity contribution in [2.75, 3.05) is 18.5 Å². The summed E-state index contributed by atoms with van der Waals surface area (Å²) in [5.74, 6) is -0.598. The number of hydrogen-bond donors (Lipinski definition) is 2. The lowest BCUT2D eigenvalue weighted by atomic mass is 10.1. The van der Waals surface area contributed by atoms with Gasteiger partial charge in [0.2, 0.25) is 14.4 Å². The molecule has 1 heterocycles. The second-order valence-electron chi connectivity index (χ2n) is 5.05. The smallest absolute Gasteiger partial charge is 0.265 e. The van der Waals surface area contributed by atoms with Crippen LogP contribution < -0.4 is 10.0 Å². The number of carbonyl (C=O) groups excluding carboxylic acids is 1. The Morgan fingerprint density at radius 1 is 1.36 bits per heavy atom. The Bertz CT molecular complexity index is 689. The predicted molar refractivity (Wildman–Crippen MR) is 84.7 cm³/mol. The number of nitrogens with one attached hydrogen (secondary N) is 2. The molecule has 6 nitrogen and oxygen atoms in total. The van der Waals surface area contributed by atoms with E-state index in [1.165, 1.54) is 18.2 Å². The summed E-state index contributed by atoms with van der Waals surface area (Å²) >= 11 is 11.9. The van der Waals surface area contributed by atoms with E-state index in [1.807, 2.05) is 13.8 Å². The molecule has 0 aliphatic carbocycles. The van der Waals surface area contributed by atoms with Crippen molar-refractivity contribution in [2.24, 2.45) is 0 Å². The summed E-state index contributed by atoms with van der Waals surface area (Å²) in [6.07, 6.45) is 0.0229. The van der Waals surface area contributed by atoms with Crippen LogP contribution in [0.25, 0.3) is 0 Å². The van der Waals surface area contributed by atoms with Crippen molar-refractivity contribution < 1.29 is 17.9 Å². The van der Waals surface area contributed by atoms with Crippen LogP contribution in [0.4, 0.5) is 5.69 Å². The molecule has 0 saturated heterocycles. The van der Waals surface area contributed by atoms with Crippen LogP contribution in [0.15, 0.2) is 23.1 Å². The molecule has 22 heavy (non-hydrogen) atoms. The number of benzene rings is 1. The zero-order valence-electron chi connectivity index (χ0n) is 12.0. The van der Waals surface area contributed by atoms with Gasteiger partial charge >= 0.3 is 0 Å². The molecule has 9 heteroatoms. The maximum absolute atomic E-state index is 12.2. The van der Waals surface area contributed by atoms with E-state index in [0.29, 0.717) is 5.69 Å². The van der Waals surface area contributed by atoms with E-state index in [-0.39, 0.29) is 29.7 Å². The first kappa shape index (κ1) is 17.5. The van der Waals surface area contributed by atoms with Crippen LogP contribution >= 0.6 is 23.2 Å². The number of carbonyl (C=O) groups is 1. The highest BCUT2D eigenvalue weighted by Gasteiger charge is 2.44. The summed E-state index contributed by atoms with van der Waals surface area (Å²) < 4.78 is 30.3. The molecule has 1 aromatic carbocycles. The Kier molecular flexibility index (Phi) is 5.03. The Balaban J connectivity index is 2.17. The first-order chi connectivity index (χ1) is 10.1. The number of hydrogen-bond acceptors (Lipinski definition) is 4. The molecule has 122 valence electrons. The van der Waals surface area contributed by atoms with Crippen molar-refractivity contribution in [1.29, 1.82) is 0 Å². The van der Waals surface area contributed by atoms with Crippen molar-refractivity contribution in [3.63, 3.8) is 0 Å². The van der Waals surface area contributed by atoms with Crippen LogP contribution in [0.5, 0.6) is 0 Å². The lowest BCUT2D eigenvalue weighted by Crippen LogP contribution is -2.28. The highest BCUT2D eigenvalue weighted by molar-refractivity contribution is 7.89. The topological polar surface area (TPSA) is 84.5 Å². The number of amides is 1. The molecule has 0 atom stereocenters. The monoisotopic (exact) mass is 366 g/mol. The van der Waals surface area contributed by atoms with Gasteiger partial charge in [0, 0.05) is 17.8 Å². The number of fused-ring (bicyclic) bond motifs is 1. The molecule has 0 spiro atoms. The Morgan fingerprint density at radius 2 is 2.05 bits per heavy atom. The summed E-state index contributed by atoms with van der Waals surface area (Å²) in [5, 5.41) is 2.49. The first-order valence-electron chi connectivity index (χ1n) is 6.59. The van der Waals surface area contributed by atoms with E-state index in [2.05, 4.69) is 10.0 Å². The number of halogens is 2. The van der Waals surface area contributed by atoms with Crippen molar-refractivity contribution in [1.82, 2.24) is 4.72 Å². The quantitative estimate of drug-likeness (QED) is 0.595. The van der Waals surface area contributed by atoms with Gasteiger partial charge in [-0.05, 0) is 32.0 Å². The van der Waals surface area contributed by atoms with Gasteiger partial charge in [-0.2, -0.15) is 0 Å². The zero-order valence-corrected chi connectivity index (χ0v) is 14.3. The normalized spacial score (nSPS) is 16.7. The molecular formula is C13H16Cl2N2O4S. The van der Waals surface area contributed by atoms with E-state index in [1.54, 1.807) is 0 Å². The van der Waals surface area contributed by atoms with Crippen LogP contribution in [-0.2, 0) is 23.9 Å². The third-order valence-corrected chi connectivity index (χ3v) is 5.23. The Hall–Kier alpha value is -0.860. The maximum atomic E-state index is 12.2. The molecule has 1 amide bonds. The van der Waals surface area contributed by atoms with E-state index < -0.39 is 20.3 Å². The van der Waals surface area contributed by atoms with Gasteiger partial charge in [-0.1, -0.05) is 23.2 Å². The van der Waals surface area contributed by atoms with Crippen molar-refractivity contribution in [2.45, 2.75) is 29.2 Å². The second-order valence-corrected chi connectivity index (χ2v) is 8.15. The van der Waals surface area contributed by atoms with Gasteiger partial charge in [0.15, 0.2) is 0 Å². The summed E-state index contributed by atoms with van der Waals surface area (Å²) in [4.78, 5) is 11.6. The first-order valence-corrected chi connectivity index (χ1v) is 8.83. The van der Waals surface area contributed by atoms with Crippen molar-refractivity contribution in [3.05, 3.63) is 23.8 Å². The van der Waals surface area contributed by atoms with Gasteiger partial charge in [-0.15, -0.1) is 0 Å². The Labute approximate surface area is 139 Å². The molecule has 0 saturated carbocycles. The molecule has 0 radical (unpaired) electrons. The molecule has 2 N–H and O–H groups in total. The third kappa shape index (κ3) is 3.55. The predicted octanol–water partition coefficient (Wildman–Crippen LogP) is 1.97. The summed E-state index contributed by atoms with van der Waals surface area (Å²) in [7, 11) is -3.73. The maximum Gasteiger partial charge on any atom is 0.265 e. The van der Waals surface area contributed by atoms with E-state index in [9.17, 15) is 13.2 Å². The average molecular weight is 367 g/mol. The number of sulfonamides is 1. The minimum absolute atomic E-state index is 0.0158. The minimum atomic E-state index is -3.73. The Morgan fingerprint density at radius 3 is 2.68 bits per heavy atom. The molecular weight excluding hydrogens is 351 g/mol. The summed E-state index contributed by atoms with van der Waals surface area (Å²) in [6.45, 7) is 4.12.